The zero-order valence-electron chi connectivity index (χ0n) is 6.54. The van der Waals surface area contributed by atoms with Crippen LogP contribution < -0.4 is 5.43 Å². The zero-order chi connectivity index (χ0) is 7.68. The Balaban J connectivity index is 2.33. The largest absolute Gasteiger partial charge is 0.267 e. The van der Waals surface area contributed by atoms with Gasteiger partial charge in [0.1, 0.15) is 5.82 Å². The third-order valence-electron chi connectivity index (χ3n) is 1.95. The van der Waals surface area contributed by atoms with E-state index in [4.69, 9.17) is 0 Å². The third kappa shape index (κ3) is 0.973. The summed E-state index contributed by atoms with van der Waals surface area (Å²) in [6.45, 7) is 3.09. The Morgan fingerprint density at radius 1 is 1.73 bits per heavy atom. The second-order valence-electron chi connectivity index (χ2n) is 2.61. The molecule has 0 aromatic rings. The van der Waals surface area contributed by atoms with E-state index >= 15 is 0 Å². The van der Waals surface area contributed by atoms with Gasteiger partial charge in [-0.1, -0.05) is 6.92 Å². The van der Waals surface area contributed by atoms with Gasteiger partial charge in [0.05, 0.1) is 0 Å². The first kappa shape index (κ1) is 6.61. The SMILES string of the molecule is CCC1=C2N=CC=CN2NC1. The average Bonchev–Trinajstić information content (AvgIpc) is 2.47. The summed E-state index contributed by atoms with van der Waals surface area (Å²) in [5, 5.41) is 1.97. The van der Waals surface area contributed by atoms with E-state index in [1.54, 1.807) is 0 Å². The van der Waals surface area contributed by atoms with Crippen molar-refractivity contribution in [1.82, 2.24) is 10.4 Å². The lowest BCUT2D eigenvalue weighted by atomic mass is 10.2. The highest BCUT2D eigenvalue weighted by atomic mass is 15.5. The molecular weight excluding hydrogens is 138 g/mol. The maximum absolute atomic E-state index is 4.27. The van der Waals surface area contributed by atoms with E-state index in [0.717, 1.165) is 18.8 Å². The summed E-state index contributed by atoms with van der Waals surface area (Å²) in [5.74, 6) is 1.08. The predicted octanol–water partition coefficient (Wildman–Crippen LogP) is 1.03. The molecule has 0 atom stereocenters. The van der Waals surface area contributed by atoms with E-state index in [1.165, 1.54) is 5.57 Å². The molecule has 58 valence electrons. The Kier molecular flexibility index (Phi) is 1.51. The molecule has 2 aliphatic heterocycles. The summed E-state index contributed by atoms with van der Waals surface area (Å²) in [5.41, 5.74) is 4.60. The van der Waals surface area contributed by atoms with Gasteiger partial charge >= 0.3 is 0 Å². The van der Waals surface area contributed by atoms with Gasteiger partial charge in [-0.2, -0.15) is 0 Å². The summed E-state index contributed by atoms with van der Waals surface area (Å²) in [6, 6.07) is 0. The van der Waals surface area contributed by atoms with Crippen LogP contribution in [0.2, 0.25) is 0 Å². The van der Waals surface area contributed by atoms with Crippen molar-refractivity contribution in [2.45, 2.75) is 13.3 Å². The van der Waals surface area contributed by atoms with E-state index in [9.17, 15) is 0 Å². The van der Waals surface area contributed by atoms with Crippen LogP contribution in [0.4, 0.5) is 0 Å². The van der Waals surface area contributed by atoms with Crippen molar-refractivity contribution in [3.05, 3.63) is 23.7 Å². The van der Waals surface area contributed by atoms with Crippen LogP contribution in [0.3, 0.4) is 0 Å². The monoisotopic (exact) mass is 149 g/mol. The van der Waals surface area contributed by atoms with E-state index in [2.05, 4.69) is 17.3 Å². The van der Waals surface area contributed by atoms with Crippen LogP contribution in [0, 0.1) is 0 Å². The van der Waals surface area contributed by atoms with Gasteiger partial charge in [-0.05, 0) is 18.1 Å². The van der Waals surface area contributed by atoms with Crippen LogP contribution in [0.5, 0.6) is 0 Å². The summed E-state index contributed by atoms with van der Waals surface area (Å²) in [4.78, 5) is 4.27. The van der Waals surface area contributed by atoms with Gasteiger partial charge in [-0.25, -0.2) is 10.4 Å². The number of fused-ring (bicyclic) bond motifs is 1. The van der Waals surface area contributed by atoms with E-state index in [-0.39, 0.29) is 0 Å². The number of aliphatic imine (C=N–C) groups is 1. The van der Waals surface area contributed by atoms with Gasteiger partial charge < -0.3 is 0 Å². The number of hydrogen-bond acceptors (Lipinski definition) is 3. The molecule has 0 saturated heterocycles. The molecule has 2 heterocycles. The highest BCUT2D eigenvalue weighted by Gasteiger charge is 2.18. The van der Waals surface area contributed by atoms with Gasteiger partial charge in [-0.3, -0.25) is 5.01 Å². The lowest BCUT2D eigenvalue weighted by Gasteiger charge is -2.15. The van der Waals surface area contributed by atoms with Crippen LogP contribution >= 0.6 is 0 Å². The minimum absolute atomic E-state index is 0.938. The molecule has 0 spiro atoms. The van der Waals surface area contributed by atoms with E-state index in [1.807, 2.05) is 23.5 Å². The van der Waals surface area contributed by atoms with E-state index in [0.29, 0.717) is 0 Å². The fourth-order valence-corrected chi connectivity index (χ4v) is 1.30. The quantitative estimate of drug-likeness (QED) is 0.603. The predicted molar refractivity (Wildman–Crippen MR) is 44.8 cm³/mol. The maximum Gasteiger partial charge on any atom is 0.147 e. The third-order valence-corrected chi connectivity index (χ3v) is 1.95. The van der Waals surface area contributed by atoms with Gasteiger partial charge in [0.2, 0.25) is 0 Å². The molecule has 0 bridgehead atoms. The van der Waals surface area contributed by atoms with E-state index < -0.39 is 0 Å². The topological polar surface area (TPSA) is 27.6 Å². The number of nitrogens with zero attached hydrogens (tertiary/aromatic N) is 2. The fraction of sp³-hybridized carbons (Fsp3) is 0.375. The number of rotatable bonds is 1. The molecule has 11 heavy (non-hydrogen) atoms. The number of hydrazine groups is 1. The zero-order valence-corrected chi connectivity index (χ0v) is 6.54. The van der Waals surface area contributed by atoms with Crippen molar-refractivity contribution in [3.8, 4) is 0 Å². The number of nitrogens with one attached hydrogen (secondary N) is 1. The van der Waals surface area contributed by atoms with Gasteiger partial charge in [0.15, 0.2) is 0 Å². The standard InChI is InChI=1S/C8H11N3/c1-2-7-6-10-11-5-3-4-9-8(7)11/h3-5,10H,2,6H2,1H3. The molecule has 0 saturated carbocycles. The van der Waals surface area contributed by atoms with Crippen LogP contribution in [0.1, 0.15) is 13.3 Å². The Hall–Kier alpha value is -1.09. The summed E-state index contributed by atoms with van der Waals surface area (Å²) in [6.07, 6.45) is 6.82. The minimum atomic E-state index is 0.938. The first-order valence-electron chi connectivity index (χ1n) is 3.87. The van der Waals surface area contributed by atoms with Crippen molar-refractivity contribution in [2.75, 3.05) is 6.54 Å². The molecule has 0 amide bonds. The maximum atomic E-state index is 4.27. The number of allylic oxidation sites excluding steroid dienone is 1. The lowest BCUT2D eigenvalue weighted by molar-refractivity contribution is 0.383. The van der Waals surface area contributed by atoms with Crippen LogP contribution in [-0.2, 0) is 0 Å². The molecule has 3 nitrogen and oxygen atoms in total. The first-order valence-corrected chi connectivity index (χ1v) is 3.87. The molecule has 2 aliphatic rings. The molecule has 0 aromatic heterocycles. The summed E-state index contributed by atoms with van der Waals surface area (Å²) < 4.78 is 0. The smallest absolute Gasteiger partial charge is 0.147 e. The van der Waals surface area contributed by atoms with Gasteiger partial charge in [0.25, 0.3) is 0 Å². The normalized spacial score (nSPS) is 21.4. The van der Waals surface area contributed by atoms with Crippen molar-refractivity contribution < 1.29 is 0 Å². The fourth-order valence-electron chi connectivity index (χ4n) is 1.30. The lowest BCUT2D eigenvalue weighted by Crippen LogP contribution is -2.26. The Morgan fingerprint density at radius 3 is 3.45 bits per heavy atom. The van der Waals surface area contributed by atoms with Gasteiger partial charge in [0, 0.05) is 19.0 Å². The molecule has 0 unspecified atom stereocenters. The molecule has 3 heteroatoms. The van der Waals surface area contributed by atoms with Crippen LogP contribution in [0.15, 0.2) is 28.7 Å². The molecule has 1 N–H and O–H groups in total. The van der Waals surface area contributed by atoms with Crippen molar-refractivity contribution >= 4 is 6.21 Å². The molecular formula is C8H11N3. The van der Waals surface area contributed by atoms with Crippen molar-refractivity contribution in [3.63, 3.8) is 0 Å². The molecule has 0 aliphatic carbocycles. The highest BCUT2D eigenvalue weighted by Crippen LogP contribution is 2.20. The molecule has 2 rings (SSSR count). The second kappa shape index (κ2) is 2.51. The van der Waals surface area contributed by atoms with Crippen molar-refractivity contribution in [2.24, 2.45) is 4.99 Å². The average molecular weight is 149 g/mol. The second-order valence-corrected chi connectivity index (χ2v) is 2.61. The van der Waals surface area contributed by atoms with Crippen LogP contribution in [0.25, 0.3) is 0 Å². The highest BCUT2D eigenvalue weighted by molar-refractivity contribution is 5.73. The van der Waals surface area contributed by atoms with Crippen molar-refractivity contribution in [1.29, 1.82) is 0 Å². The summed E-state index contributed by atoms with van der Waals surface area (Å²) >= 11 is 0. The minimum Gasteiger partial charge on any atom is -0.267 e. The first-order chi connectivity index (χ1) is 5.42. The molecule has 0 fully saturated rings. The Morgan fingerprint density at radius 2 is 2.64 bits per heavy atom. The summed E-state index contributed by atoms with van der Waals surface area (Å²) in [7, 11) is 0. The van der Waals surface area contributed by atoms with Gasteiger partial charge in [-0.15, -0.1) is 0 Å². The molecule has 0 radical (unpaired) electrons. The Bertz CT molecular complexity index is 250. The van der Waals surface area contributed by atoms with Crippen LogP contribution in [-0.4, -0.2) is 17.8 Å². The number of hydrogen-bond donors (Lipinski definition) is 1. The molecule has 0 aromatic carbocycles. The Labute approximate surface area is 66.1 Å².